The number of carbonyl (C=O) groups is 2. The molecule has 0 fully saturated rings. The van der Waals surface area contributed by atoms with Gasteiger partial charge in [-0.05, 0) is 41.8 Å². The lowest BCUT2D eigenvalue weighted by molar-refractivity contribution is -0.122. The van der Waals surface area contributed by atoms with Gasteiger partial charge < -0.3 is 20.1 Å². The Morgan fingerprint density at radius 3 is 2.59 bits per heavy atom. The first kappa shape index (κ1) is 19.0. The van der Waals surface area contributed by atoms with Gasteiger partial charge in [0.05, 0.1) is 12.5 Å². The van der Waals surface area contributed by atoms with Gasteiger partial charge in [0.2, 0.25) is 18.6 Å². The van der Waals surface area contributed by atoms with Gasteiger partial charge in [-0.2, -0.15) is 0 Å². The molecule has 142 valence electrons. The Kier molecular flexibility index (Phi) is 6.19. The fourth-order valence-corrected chi connectivity index (χ4v) is 3.02. The van der Waals surface area contributed by atoms with Crippen LogP contribution in [0.25, 0.3) is 0 Å². The molecule has 7 heteroatoms. The Morgan fingerprint density at radius 2 is 1.85 bits per heavy atom. The van der Waals surface area contributed by atoms with Crippen molar-refractivity contribution in [2.75, 3.05) is 13.3 Å². The summed E-state index contributed by atoms with van der Waals surface area (Å²) in [6, 6.07) is 12.4. The van der Waals surface area contributed by atoms with Crippen LogP contribution in [0.3, 0.4) is 0 Å². The summed E-state index contributed by atoms with van der Waals surface area (Å²) in [4.78, 5) is 23.8. The summed E-state index contributed by atoms with van der Waals surface area (Å²) in [7, 11) is 0. The van der Waals surface area contributed by atoms with Crippen LogP contribution in [0.1, 0.15) is 30.5 Å². The predicted octanol–water partition coefficient (Wildman–Crippen LogP) is 2.99. The Morgan fingerprint density at radius 1 is 1.11 bits per heavy atom. The predicted molar refractivity (Wildman–Crippen MR) is 102 cm³/mol. The molecule has 2 N–H and O–H groups in total. The number of hydrogen-bond donors (Lipinski definition) is 2. The molecule has 1 aliphatic heterocycles. The maximum Gasteiger partial charge on any atom is 0.231 e. The van der Waals surface area contributed by atoms with Crippen molar-refractivity contribution in [1.82, 2.24) is 10.6 Å². The molecule has 2 amide bonds. The molecule has 2 aromatic carbocycles. The lowest BCUT2D eigenvalue weighted by Crippen LogP contribution is -2.33. The zero-order chi connectivity index (χ0) is 19.2. The van der Waals surface area contributed by atoms with E-state index in [4.69, 9.17) is 21.1 Å². The van der Waals surface area contributed by atoms with Gasteiger partial charge in [0.1, 0.15) is 0 Å². The van der Waals surface area contributed by atoms with Crippen LogP contribution in [-0.4, -0.2) is 25.2 Å². The van der Waals surface area contributed by atoms with Crippen molar-refractivity contribution in [3.05, 3.63) is 58.6 Å². The molecule has 1 aliphatic rings. The van der Waals surface area contributed by atoms with Gasteiger partial charge in [0.15, 0.2) is 11.5 Å². The third kappa shape index (κ3) is 5.37. The van der Waals surface area contributed by atoms with E-state index in [9.17, 15) is 9.59 Å². The minimum absolute atomic E-state index is 0.135. The van der Waals surface area contributed by atoms with E-state index < -0.39 is 6.04 Å². The monoisotopic (exact) mass is 388 g/mol. The molecule has 0 unspecified atom stereocenters. The molecular weight excluding hydrogens is 368 g/mol. The number of halogens is 1. The fraction of sp³-hybridized carbons (Fsp3) is 0.300. The van der Waals surface area contributed by atoms with Crippen molar-refractivity contribution in [3.63, 3.8) is 0 Å². The molecule has 0 bridgehead atoms. The smallest absolute Gasteiger partial charge is 0.231 e. The summed E-state index contributed by atoms with van der Waals surface area (Å²) in [5, 5.41) is 6.31. The number of rotatable bonds is 7. The normalized spacial score (nSPS) is 13.1. The first-order valence-corrected chi connectivity index (χ1v) is 9.07. The summed E-state index contributed by atoms with van der Waals surface area (Å²) < 4.78 is 10.6. The van der Waals surface area contributed by atoms with E-state index in [-0.39, 0.29) is 25.0 Å². The first-order valence-electron chi connectivity index (χ1n) is 8.69. The molecular formula is C20H21ClN2O4. The van der Waals surface area contributed by atoms with Gasteiger partial charge in [-0.1, -0.05) is 29.8 Å². The van der Waals surface area contributed by atoms with Gasteiger partial charge in [0, 0.05) is 18.5 Å². The molecule has 3 rings (SSSR count). The minimum atomic E-state index is -0.398. The number of hydrogen-bond acceptors (Lipinski definition) is 4. The van der Waals surface area contributed by atoms with E-state index in [1.807, 2.05) is 30.3 Å². The first-order chi connectivity index (χ1) is 13.0. The van der Waals surface area contributed by atoms with E-state index in [2.05, 4.69) is 10.6 Å². The highest BCUT2D eigenvalue weighted by Gasteiger charge is 2.17. The van der Waals surface area contributed by atoms with E-state index in [0.717, 1.165) is 22.6 Å². The highest BCUT2D eigenvalue weighted by Crippen LogP contribution is 2.32. The van der Waals surface area contributed by atoms with Crippen LogP contribution in [0.15, 0.2) is 42.5 Å². The summed E-state index contributed by atoms with van der Waals surface area (Å²) in [6.45, 7) is 2.16. The second-order valence-corrected chi connectivity index (χ2v) is 6.73. The quantitative estimate of drug-likeness (QED) is 0.764. The summed E-state index contributed by atoms with van der Waals surface area (Å²) >= 11 is 5.91. The van der Waals surface area contributed by atoms with Crippen LogP contribution in [0.4, 0.5) is 0 Å². The molecule has 0 aromatic heterocycles. The second-order valence-electron chi connectivity index (χ2n) is 6.30. The van der Waals surface area contributed by atoms with Crippen molar-refractivity contribution in [2.45, 2.75) is 25.8 Å². The number of fused-ring (bicyclic) bond motifs is 1. The molecule has 1 atom stereocenters. The molecule has 0 saturated heterocycles. The molecule has 0 spiro atoms. The average molecular weight is 389 g/mol. The van der Waals surface area contributed by atoms with Crippen LogP contribution in [0.5, 0.6) is 11.5 Å². The number of carbonyl (C=O) groups excluding carboxylic acids is 2. The molecule has 27 heavy (non-hydrogen) atoms. The SMILES string of the molecule is CC(=O)N[C@@H](CC(=O)NCCc1ccc2c(c1)OCO2)c1ccc(Cl)cc1. The average Bonchev–Trinajstić information content (AvgIpc) is 3.09. The van der Waals surface area contributed by atoms with Crippen LogP contribution in [0, 0.1) is 0 Å². The largest absolute Gasteiger partial charge is 0.454 e. The molecule has 0 aliphatic carbocycles. The number of ether oxygens (including phenoxy) is 2. The molecule has 0 saturated carbocycles. The Balaban J connectivity index is 1.53. The van der Waals surface area contributed by atoms with Gasteiger partial charge >= 0.3 is 0 Å². The van der Waals surface area contributed by atoms with Crippen LogP contribution in [-0.2, 0) is 16.0 Å². The van der Waals surface area contributed by atoms with E-state index >= 15 is 0 Å². The van der Waals surface area contributed by atoms with Gasteiger partial charge in [-0.3, -0.25) is 9.59 Å². The summed E-state index contributed by atoms with van der Waals surface area (Å²) in [6.07, 6.45) is 0.830. The zero-order valence-corrected chi connectivity index (χ0v) is 15.7. The van der Waals surface area contributed by atoms with E-state index in [1.165, 1.54) is 6.92 Å². The fourth-order valence-electron chi connectivity index (χ4n) is 2.89. The van der Waals surface area contributed by atoms with E-state index in [0.29, 0.717) is 18.0 Å². The molecule has 2 aromatic rings. The van der Waals surface area contributed by atoms with Gasteiger partial charge in [-0.15, -0.1) is 0 Å². The third-order valence-electron chi connectivity index (χ3n) is 4.21. The Bertz CT molecular complexity index is 823. The van der Waals surface area contributed by atoms with Crippen molar-refractivity contribution >= 4 is 23.4 Å². The van der Waals surface area contributed by atoms with Crippen LogP contribution in [0.2, 0.25) is 5.02 Å². The number of benzene rings is 2. The molecule has 6 nitrogen and oxygen atoms in total. The summed E-state index contributed by atoms with van der Waals surface area (Å²) in [5.74, 6) is 1.14. The van der Waals surface area contributed by atoms with Crippen LogP contribution < -0.4 is 20.1 Å². The maximum absolute atomic E-state index is 12.3. The van der Waals surface area contributed by atoms with Crippen molar-refractivity contribution in [3.8, 4) is 11.5 Å². The van der Waals surface area contributed by atoms with Crippen molar-refractivity contribution in [2.24, 2.45) is 0 Å². The van der Waals surface area contributed by atoms with E-state index in [1.54, 1.807) is 12.1 Å². The van der Waals surface area contributed by atoms with Gasteiger partial charge in [-0.25, -0.2) is 0 Å². The second kappa shape index (κ2) is 8.77. The number of amides is 2. The lowest BCUT2D eigenvalue weighted by atomic mass is 10.0. The lowest BCUT2D eigenvalue weighted by Gasteiger charge is -2.18. The topological polar surface area (TPSA) is 76.7 Å². The molecule has 1 heterocycles. The molecule has 0 radical (unpaired) electrons. The highest BCUT2D eigenvalue weighted by molar-refractivity contribution is 6.30. The Labute approximate surface area is 162 Å². The zero-order valence-electron chi connectivity index (χ0n) is 15.0. The van der Waals surface area contributed by atoms with Crippen molar-refractivity contribution < 1.29 is 19.1 Å². The maximum atomic E-state index is 12.3. The minimum Gasteiger partial charge on any atom is -0.454 e. The highest BCUT2D eigenvalue weighted by atomic mass is 35.5. The van der Waals surface area contributed by atoms with Crippen LogP contribution >= 0.6 is 11.6 Å². The van der Waals surface area contributed by atoms with Crippen molar-refractivity contribution in [1.29, 1.82) is 0 Å². The summed E-state index contributed by atoms with van der Waals surface area (Å²) in [5.41, 5.74) is 1.89. The standard InChI is InChI=1S/C20H21ClN2O4/c1-13(24)23-17(15-3-5-16(21)6-4-15)11-20(25)22-9-8-14-2-7-18-19(10-14)27-12-26-18/h2-7,10,17H,8-9,11-12H2,1H3,(H,22,25)(H,23,24)/t17-/m0/s1. The Hall–Kier alpha value is -2.73. The van der Waals surface area contributed by atoms with Gasteiger partial charge in [0.25, 0.3) is 0 Å². The number of nitrogens with one attached hydrogen (secondary N) is 2. The third-order valence-corrected chi connectivity index (χ3v) is 4.46.